The van der Waals surface area contributed by atoms with Crippen LogP contribution in [0.15, 0.2) is 103 Å². The SMILES string of the molecule is N[C@H](c1ccccc1)c1cccc(-c2cccc(COc3ccccc3CC(=O)O)c2)c1. The summed E-state index contributed by atoms with van der Waals surface area (Å²) in [5, 5.41) is 9.11. The van der Waals surface area contributed by atoms with E-state index in [2.05, 4.69) is 24.3 Å². The van der Waals surface area contributed by atoms with Gasteiger partial charge in [0.15, 0.2) is 0 Å². The van der Waals surface area contributed by atoms with Crippen LogP contribution in [0, 0.1) is 0 Å². The van der Waals surface area contributed by atoms with Crippen LogP contribution in [0.4, 0.5) is 0 Å². The van der Waals surface area contributed by atoms with E-state index in [0.29, 0.717) is 17.9 Å². The Morgan fingerprint density at radius 1 is 0.781 bits per heavy atom. The molecule has 4 aromatic carbocycles. The Balaban J connectivity index is 1.52. The van der Waals surface area contributed by atoms with Gasteiger partial charge >= 0.3 is 5.97 Å². The van der Waals surface area contributed by atoms with E-state index in [1.165, 1.54) is 0 Å². The van der Waals surface area contributed by atoms with Crippen LogP contribution in [0.2, 0.25) is 0 Å². The topological polar surface area (TPSA) is 72.5 Å². The molecule has 0 heterocycles. The predicted molar refractivity (Wildman–Crippen MR) is 126 cm³/mol. The van der Waals surface area contributed by atoms with Gasteiger partial charge in [0.25, 0.3) is 0 Å². The lowest BCUT2D eigenvalue weighted by atomic mass is 9.95. The molecule has 0 aliphatic carbocycles. The number of nitrogens with two attached hydrogens (primary N) is 1. The minimum Gasteiger partial charge on any atom is -0.489 e. The monoisotopic (exact) mass is 423 g/mol. The summed E-state index contributed by atoms with van der Waals surface area (Å²) >= 11 is 0. The maximum absolute atomic E-state index is 11.1. The maximum Gasteiger partial charge on any atom is 0.307 e. The molecule has 0 aliphatic heterocycles. The van der Waals surface area contributed by atoms with Crippen molar-refractivity contribution in [3.63, 3.8) is 0 Å². The molecular weight excluding hydrogens is 398 g/mol. The van der Waals surface area contributed by atoms with Gasteiger partial charge < -0.3 is 15.6 Å². The van der Waals surface area contributed by atoms with Gasteiger partial charge in [0, 0.05) is 5.56 Å². The number of para-hydroxylation sites is 1. The highest BCUT2D eigenvalue weighted by Crippen LogP contribution is 2.27. The van der Waals surface area contributed by atoms with Gasteiger partial charge in [-0.15, -0.1) is 0 Å². The standard InChI is InChI=1S/C28H25NO3/c29-28(21-9-2-1-3-10-21)25-14-7-13-23(17-25)22-12-6-8-20(16-22)19-32-26-15-5-4-11-24(26)18-27(30)31/h1-17,28H,18-19,29H2,(H,30,31)/t28-/m1/s1. The number of hydrogen-bond acceptors (Lipinski definition) is 3. The van der Waals surface area contributed by atoms with E-state index in [4.69, 9.17) is 15.6 Å². The fourth-order valence-corrected chi connectivity index (χ4v) is 3.72. The van der Waals surface area contributed by atoms with Crippen LogP contribution in [-0.4, -0.2) is 11.1 Å². The highest BCUT2D eigenvalue weighted by molar-refractivity contribution is 5.71. The van der Waals surface area contributed by atoms with Crippen LogP contribution >= 0.6 is 0 Å². The summed E-state index contributed by atoms with van der Waals surface area (Å²) in [7, 11) is 0. The van der Waals surface area contributed by atoms with Crippen molar-refractivity contribution in [3.05, 3.63) is 125 Å². The predicted octanol–water partition coefficient (Wildman–Crippen LogP) is 5.61. The van der Waals surface area contributed by atoms with Crippen LogP contribution in [0.1, 0.15) is 28.3 Å². The fourth-order valence-electron chi connectivity index (χ4n) is 3.72. The number of ether oxygens (including phenoxy) is 1. The molecule has 0 aliphatic rings. The molecule has 0 bridgehead atoms. The summed E-state index contributed by atoms with van der Waals surface area (Å²) in [4.78, 5) is 11.1. The third-order valence-electron chi connectivity index (χ3n) is 5.37. The first-order chi connectivity index (χ1) is 15.6. The first-order valence-electron chi connectivity index (χ1n) is 10.5. The van der Waals surface area contributed by atoms with Crippen LogP contribution in [0.5, 0.6) is 5.75 Å². The molecule has 160 valence electrons. The third-order valence-corrected chi connectivity index (χ3v) is 5.37. The summed E-state index contributed by atoms with van der Waals surface area (Å²) in [6, 6.07) is 33.5. The Bertz CT molecular complexity index is 1200. The molecule has 0 amide bonds. The first kappa shape index (κ1) is 21.3. The molecule has 4 aromatic rings. The minimum absolute atomic E-state index is 0.0648. The van der Waals surface area contributed by atoms with Crippen LogP contribution < -0.4 is 10.5 Å². The largest absolute Gasteiger partial charge is 0.489 e. The van der Waals surface area contributed by atoms with Crippen molar-refractivity contribution in [2.24, 2.45) is 5.73 Å². The van der Waals surface area contributed by atoms with Gasteiger partial charge in [0.05, 0.1) is 12.5 Å². The molecule has 0 unspecified atom stereocenters. The fraction of sp³-hybridized carbons (Fsp3) is 0.107. The quantitative estimate of drug-likeness (QED) is 0.386. The lowest BCUT2D eigenvalue weighted by Crippen LogP contribution is -2.11. The van der Waals surface area contributed by atoms with Crippen molar-refractivity contribution in [1.82, 2.24) is 0 Å². The number of carboxylic acids is 1. The second kappa shape index (κ2) is 9.94. The first-order valence-corrected chi connectivity index (χ1v) is 10.5. The lowest BCUT2D eigenvalue weighted by molar-refractivity contribution is -0.136. The second-order valence-electron chi connectivity index (χ2n) is 7.68. The van der Waals surface area contributed by atoms with E-state index in [1.54, 1.807) is 12.1 Å². The molecule has 0 aromatic heterocycles. The summed E-state index contributed by atoms with van der Waals surface area (Å²) in [6.45, 7) is 0.355. The zero-order chi connectivity index (χ0) is 22.3. The van der Waals surface area contributed by atoms with Gasteiger partial charge in [0.2, 0.25) is 0 Å². The van der Waals surface area contributed by atoms with Gasteiger partial charge in [-0.3, -0.25) is 4.79 Å². The molecule has 0 saturated carbocycles. The van der Waals surface area contributed by atoms with Crippen molar-refractivity contribution in [2.75, 3.05) is 0 Å². The Labute approximate surface area is 187 Å². The number of rotatable bonds is 8. The highest BCUT2D eigenvalue weighted by Gasteiger charge is 2.11. The summed E-state index contributed by atoms with van der Waals surface area (Å²) in [6.07, 6.45) is -0.0648. The van der Waals surface area contributed by atoms with E-state index >= 15 is 0 Å². The normalized spacial score (nSPS) is 11.7. The number of aliphatic carboxylic acids is 1. The van der Waals surface area contributed by atoms with Gasteiger partial charge in [-0.25, -0.2) is 0 Å². The average molecular weight is 424 g/mol. The molecule has 0 radical (unpaired) electrons. The van der Waals surface area contributed by atoms with Crippen LogP contribution in [-0.2, 0) is 17.8 Å². The molecule has 1 atom stereocenters. The van der Waals surface area contributed by atoms with E-state index in [-0.39, 0.29) is 12.5 Å². The van der Waals surface area contributed by atoms with Crippen LogP contribution in [0.3, 0.4) is 0 Å². The molecule has 4 rings (SSSR count). The molecule has 0 spiro atoms. The Hall–Kier alpha value is -3.89. The zero-order valence-electron chi connectivity index (χ0n) is 17.6. The maximum atomic E-state index is 11.1. The Morgan fingerprint density at radius 2 is 1.44 bits per heavy atom. The minimum atomic E-state index is -0.878. The summed E-state index contributed by atoms with van der Waals surface area (Å²) < 4.78 is 5.95. The van der Waals surface area contributed by atoms with Crippen molar-refractivity contribution in [2.45, 2.75) is 19.1 Å². The van der Waals surface area contributed by atoms with Gasteiger partial charge in [-0.2, -0.15) is 0 Å². The van der Waals surface area contributed by atoms with Crippen molar-refractivity contribution in [3.8, 4) is 16.9 Å². The number of carbonyl (C=O) groups is 1. The van der Waals surface area contributed by atoms with Gasteiger partial charge in [-0.1, -0.05) is 84.9 Å². The third kappa shape index (κ3) is 5.23. The van der Waals surface area contributed by atoms with E-state index in [9.17, 15) is 4.79 Å². The van der Waals surface area contributed by atoms with Crippen molar-refractivity contribution >= 4 is 5.97 Å². The van der Waals surface area contributed by atoms with E-state index in [0.717, 1.165) is 27.8 Å². The van der Waals surface area contributed by atoms with E-state index in [1.807, 2.05) is 66.7 Å². The molecule has 3 N–H and O–H groups in total. The zero-order valence-corrected chi connectivity index (χ0v) is 17.6. The smallest absolute Gasteiger partial charge is 0.307 e. The lowest BCUT2D eigenvalue weighted by Gasteiger charge is -2.14. The number of benzene rings is 4. The second-order valence-corrected chi connectivity index (χ2v) is 7.68. The van der Waals surface area contributed by atoms with Crippen LogP contribution in [0.25, 0.3) is 11.1 Å². The summed E-state index contributed by atoms with van der Waals surface area (Å²) in [5.41, 5.74) is 12.5. The number of carboxylic acid groups (broad SMARTS) is 1. The van der Waals surface area contributed by atoms with Gasteiger partial charge in [-0.05, 0) is 46.0 Å². The molecule has 4 nitrogen and oxygen atoms in total. The molecular formula is C28H25NO3. The van der Waals surface area contributed by atoms with Crippen molar-refractivity contribution in [1.29, 1.82) is 0 Å². The molecule has 32 heavy (non-hydrogen) atoms. The summed E-state index contributed by atoms with van der Waals surface area (Å²) in [5.74, 6) is -0.284. The number of hydrogen-bond donors (Lipinski definition) is 2. The Kier molecular flexibility index (Phi) is 6.63. The molecule has 0 saturated heterocycles. The average Bonchev–Trinajstić information content (AvgIpc) is 2.83. The van der Waals surface area contributed by atoms with E-state index < -0.39 is 5.97 Å². The van der Waals surface area contributed by atoms with Gasteiger partial charge in [0.1, 0.15) is 12.4 Å². The highest BCUT2D eigenvalue weighted by atomic mass is 16.5. The Morgan fingerprint density at radius 3 is 2.22 bits per heavy atom. The van der Waals surface area contributed by atoms with Crippen molar-refractivity contribution < 1.29 is 14.6 Å². The molecule has 4 heteroatoms. The molecule has 0 fully saturated rings.